The average molecular weight is 246 g/mol. The van der Waals surface area contributed by atoms with Crippen molar-refractivity contribution in [1.29, 1.82) is 0 Å². The molecule has 0 spiro atoms. The van der Waals surface area contributed by atoms with Crippen LogP contribution in [-0.4, -0.2) is 40.6 Å². The molecule has 0 saturated heterocycles. The molecule has 1 aromatic rings. The molecular formula is C8H14N4OS2. The van der Waals surface area contributed by atoms with Crippen LogP contribution in [0.3, 0.4) is 0 Å². The highest BCUT2D eigenvalue weighted by atomic mass is 32.1. The van der Waals surface area contributed by atoms with Crippen LogP contribution in [0.4, 0.5) is 5.13 Å². The van der Waals surface area contributed by atoms with Gasteiger partial charge in [0.2, 0.25) is 11.0 Å². The van der Waals surface area contributed by atoms with Crippen molar-refractivity contribution in [2.45, 2.75) is 13.8 Å². The molecule has 0 radical (unpaired) electrons. The van der Waals surface area contributed by atoms with Crippen molar-refractivity contribution in [3.8, 4) is 0 Å². The van der Waals surface area contributed by atoms with Crippen LogP contribution < -0.4 is 5.32 Å². The SMILES string of the molecule is CCN(CC)C(=O)CNc1n[nH]c(=S)s1. The fourth-order valence-electron chi connectivity index (χ4n) is 1.14. The van der Waals surface area contributed by atoms with E-state index < -0.39 is 0 Å². The molecule has 7 heteroatoms. The molecule has 0 aliphatic rings. The third kappa shape index (κ3) is 3.60. The van der Waals surface area contributed by atoms with Gasteiger partial charge in [-0.05, 0) is 26.1 Å². The Morgan fingerprint density at radius 1 is 1.60 bits per heavy atom. The summed E-state index contributed by atoms with van der Waals surface area (Å²) < 4.78 is 0.604. The molecule has 1 amide bonds. The van der Waals surface area contributed by atoms with Gasteiger partial charge in [0.15, 0.2) is 3.95 Å². The van der Waals surface area contributed by atoms with E-state index in [0.717, 1.165) is 13.1 Å². The van der Waals surface area contributed by atoms with E-state index in [-0.39, 0.29) is 12.5 Å². The Morgan fingerprint density at radius 3 is 2.73 bits per heavy atom. The molecule has 0 aliphatic carbocycles. The molecule has 0 unspecified atom stereocenters. The lowest BCUT2D eigenvalue weighted by molar-refractivity contribution is -0.128. The van der Waals surface area contributed by atoms with Crippen LogP contribution in [-0.2, 0) is 4.79 Å². The number of H-pyrrole nitrogens is 1. The Labute approximate surface area is 97.5 Å². The summed E-state index contributed by atoms with van der Waals surface area (Å²) >= 11 is 6.20. The number of anilines is 1. The number of likely N-dealkylation sites (N-methyl/N-ethyl adjacent to an activating group) is 1. The molecule has 5 nitrogen and oxygen atoms in total. The average Bonchev–Trinajstić information content (AvgIpc) is 2.63. The summed E-state index contributed by atoms with van der Waals surface area (Å²) in [5.41, 5.74) is 0. The minimum Gasteiger partial charge on any atom is -0.351 e. The van der Waals surface area contributed by atoms with E-state index in [9.17, 15) is 4.79 Å². The van der Waals surface area contributed by atoms with E-state index in [1.807, 2.05) is 13.8 Å². The van der Waals surface area contributed by atoms with Crippen molar-refractivity contribution >= 4 is 34.6 Å². The molecule has 1 aromatic heterocycles. The lowest BCUT2D eigenvalue weighted by Gasteiger charge is -2.18. The summed E-state index contributed by atoms with van der Waals surface area (Å²) in [5.74, 6) is 0.0705. The van der Waals surface area contributed by atoms with E-state index in [4.69, 9.17) is 12.2 Å². The van der Waals surface area contributed by atoms with Crippen molar-refractivity contribution in [3.05, 3.63) is 3.95 Å². The van der Waals surface area contributed by atoms with Crippen molar-refractivity contribution in [1.82, 2.24) is 15.1 Å². The number of amides is 1. The van der Waals surface area contributed by atoms with Crippen molar-refractivity contribution in [2.24, 2.45) is 0 Å². The number of nitrogens with one attached hydrogen (secondary N) is 2. The van der Waals surface area contributed by atoms with E-state index in [2.05, 4.69) is 15.5 Å². The van der Waals surface area contributed by atoms with Gasteiger partial charge in [-0.1, -0.05) is 11.3 Å². The van der Waals surface area contributed by atoms with Crippen LogP contribution >= 0.6 is 23.6 Å². The third-order valence-electron chi connectivity index (χ3n) is 1.95. The molecule has 15 heavy (non-hydrogen) atoms. The predicted octanol–water partition coefficient (Wildman–Crippen LogP) is 1.48. The Morgan fingerprint density at radius 2 is 2.27 bits per heavy atom. The smallest absolute Gasteiger partial charge is 0.241 e. The first-order valence-corrected chi connectivity index (χ1v) is 5.97. The maximum absolute atomic E-state index is 11.6. The molecule has 0 fully saturated rings. The van der Waals surface area contributed by atoms with Gasteiger partial charge < -0.3 is 10.2 Å². The van der Waals surface area contributed by atoms with Gasteiger partial charge in [0.25, 0.3) is 0 Å². The second kappa shape index (κ2) is 5.82. The molecule has 0 aliphatic heterocycles. The number of aromatic amines is 1. The minimum absolute atomic E-state index is 0.0705. The molecule has 0 bridgehead atoms. The number of hydrogen-bond acceptors (Lipinski definition) is 5. The van der Waals surface area contributed by atoms with Gasteiger partial charge >= 0.3 is 0 Å². The van der Waals surface area contributed by atoms with Crippen molar-refractivity contribution in [2.75, 3.05) is 25.0 Å². The Kier molecular flexibility index (Phi) is 4.70. The first kappa shape index (κ1) is 12.1. The summed E-state index contributed by atoms with van der Waals surface area (Å²) in [6.07, 6.45) is 0. The standard InChI is InChI=1S/C8H14N4OS2/c1-3-12(4-2)6(13)5-9-7-10-11-8(14)15-7/h3-5H2,1-2H3,(H,9,10)(H,11,14). The van der Waals surface area contributed by atoms with E-state index in [0.29, 0.717) is 9.09 Å². The van der Waals surface area contributed by atoms with Crippen LogP contribution in [0.5, 0.6) is 0 Å². The molecule has 0 aromatic carbocycles. The fraction of sp³-hybridized carbons (Fsp3) is 0.625. The summed E-state index contributed by atoms with van der Waals surface area (Å²) in [6.45, 7) is 5.64. The van der Waals surface area contributed by atoms with Crippen LogP contribution in [0.1, 0.15) is 13.8 Å². The number of aromatic nitrogens is 2. The van der Waals surface area contributed by atoms with E-state index in [1.165, 1.54) is 11.3 Å². The first-order chi connectivity index (χ1) is 7.17. The molecule has 0 atom stereocenters. The zero-order valence-electron chi connectivity index (χ0n) is 8.74. The molecule has 1 rings (SSSR count). The summed E-state index contributed by atoms with van der Waals surface area (Å²) in [4.78, 5) is 13.4. The van der Waals surface area contributed by atoms with E-state index in [1.54, 1.807) is 4.90 Å². The van der Waals surface area contributed by atoms with Crippen molar-refractivity contribution in [3.63, 3.8) is 0 Å². The van der Waals surface area contributed by atoms with Crippen molar-refractivity contribution < 1.29 is 4.79 Å². The van der Waals surface area contributed by atoms with Crippen LogP contribution in [0.25, 0.3) is 0 Å². The van der Waals surface area contributed by atoms with Gasteiger partial charge in [0.1, 0.15) is 0 Å². The van der Waals surface area contributed by atoms with Gasteiger partial charge in [-0.15, -0.1) is 5.10 Å². The largest absolute Gasteiger partial charge is 0.351 e. The van der Waals surface area contributed by atoms with Crippen LogP contribution in [0.15, 0.2) is 0 Å². The summed E-state index contributed by atoms with van der Waals surface area (Å²) in [5, 5.41) is 10.1. The predicted molar refractivity (Wildman–Crippen MR) is 63.7 cm³/mol. The molecule has 2 N–H and O–H groups in total. The zero-order chi connectivity index (χ0) is 11.3. The highest BCUT2D eigenvalue weighted by Gasteiger charge is 2.09. The normalized spacial score (nSPS) is 10.0. The maximum Gasteiger partial charge on any atom is 0.241 e. The highest BCUT2D eigenvalue weighted by Crippen LogP contribution is 2.09. The minimum atomic E-state index is 0.0705. The van der Waals surface area contributed by atoms with Crippen LogP contribution in [0, 0.1) is 3.95 Å². The van der Waals surface area contributed by atoms with Gasteiger partial charge in [-0.25, -0.2) is 0 Å². The second-order valence-electron chi connectivity index (χ2n) is 2.84. The third-order valence-corrected chi connectivity index (χ3v) is 2.99. The lowest BCUT2D eigenvalue weighted by atomic mass is 10.4. The Hall–Kier alpha value is -0.950. The van der Waals surface area contributed by atoms with E-state index >= 15 is 0 Å². The van der Waals surface area contributed by atoms with Gasteiger partial charge in [-0.3, -0.25) is 9.89 Å². The molecular weight excluding hydrogens is 232 g/mol. The monoisotopic (exact) mass is 246 g/mol. The first-order valence-electron chi connectivity index (χ1n) is 4.74. The number of carbonyl (C=O) groups is 1. The lowest BCUT2D eigenvalue weighted by Crippen LogP contribution is -2.35. The second-order valence-corrected chi connectivity index (χ2v) is 4.50. The van der Waals surface area contributed by atoms with Gasteiger partial charge in [0, 0.05) is 13.1 Å². The Bertz CT molecular complexity index is 369. The number of rotatable bonds is 5. The van der Waals surface area contributed by atoms with Crippen LogP contribution in [0.2, 0.25) is 0 Å². The molecule has 84 valence electrons. The summed E-state index contributed by atoms with van der Waals surface area (Å²) in [7, 11) is 0. The molecule has 0 saturated carbocycles. The fourth-order valence-corrected chi connectivity index (χ4v) is 1.93. The number of nitrogens with zero attached hydrogens (tertiary/aromatic N) is 2. The molecule has 1 heterocycles. The zero-order valence-corrected chi connectivity index (χ0v) is 10.4. The Balaban J connectivity index is 2.43. The summed E-state index contributed by atoms with van der Waals surface area (Å²) in [6, 6.07) is 0. The maximum atomic E-state index is 11.6. The highest BCUT2D eigenvalue weighted by molar-refractivity contribution is 7.73. The van der Waals surface area contributed by atoms with Gasteiger partial charge in [0.05, 0.1) is 6.54 Å². The van der Waals surface area contributed by atoms with Gasteiger partial charge in [-0.2, -0.15) is 0 Å². The topological polar surface area (TPSA) is 61.0 Å². The quantitative estimate of drug-likeness (QED) is 0.773. The number of carbonyl (C=O) groups excluding carboxylic acids is 1. The number of hydrogen-bond donors (Lipinski definition) is 2.